The number of Topliss-reactive ketones (excluding diaryl/α,β-unsaturated/α-hetero) is 6. The van der Waals surface area contributed by atoms with E-state index < -0.39 is 103 Å². The van der Waals surface area contributed by atoms with Crippen molar-refractivity contribution in [2.45, 2.75) is 168 Å². The molecule has 6 saturated carbocycles. The van der Waals surface area contributed by atoms with E-state index in [1.165, 1.54) is 111 Å². The van der Waals surface area contributed by atoms with E-state index in [-0.39, 0.29) is 72.5 Å². The van der Waals surface area contributed by atoms with Crippen LogP contribution in [0.1, 0.15) is 224 Å². The van der Waals surface area contributed by atoms with E-state index in [4.69, 9.17) is 65.4 Å². The number of carbonyl (C=O) groups is 6. The molecule has 36 heteroatoms. The molecule has 6 heterocycles. The molecule has 6 fully saturated rings. The number of halogens is 12. The number of ketones is 6. The second-order valence-electron chi connectivity index (χ2n) is 34.6. The minimum Gasteiger partial charge on any atom is -0.388 e. The molecule has 24 nitrogen and oxygen atoms in total. The van der Waals surface area contributed by atoms with Crippen molar-refractivity contribution in [2.75, 3.05) is 39.6 Å². The van der Waals surface area contributed by atoms with Gasteiger partial charge in [-0.25, -0.2) is 86.2 Å². The van der Waals surface area contributed by atoms with Crippen LogP contribution in [-0.2, 0) is 77.2 Å². The van der Waals surface area contributed by atoms with Crippen LogP contribution >= 0.6 is 34.8 Å². The number of nitrogens with zero attached hydrogens (tertiary/aromatic N) is 12. The molecule has 6 aliphatic rings. The van der Waals surface area contributed by atoms with E-state index in [0.717, 1.165) is 118 Å². The summed E-state index contributed by atoms with van der Waals surface area (Å²) in [5.41, 5.74) is 5.87. The summed E-state index contributed by atoms with van der Waals surface area (Å²) >= 11 is 18.2. The minimum atomic E-state index is -4.38. The number of carbonyl (C=O) groups excluding carboxylic acids is 6. The first-order valence-electron chi connectivity index (χ1n) is 42.9. The number of aliphatic hydroxyl groups is 6. The molecular formula is C99H90Cl3F9N12O12. The smallest absolute Gasteiger partial charge is 0.388 e. The second-order valence-corrected chi connectivity index (χ2v) is 35.8. The highest BCUT2D eigenvalue weighted by molar-refractivity contribution is 6.42. The molecule has 0 bridgehead atoms. The highest BCUT2D eigenvalue weighted by atomic mass is 35.5. The fourth-order valence-corrected chi connectivity index (χ4v) is 16.5. The molecule has 0 atom stereocenters. The van der Waals surface area contributed by atoms with Crippen LogP contribution in [0.5, 0.6) is 0 Å². The van der Waals surface area contributed by atoms with Gasteiger partial charge < -0.3 is 30.6 Å². The summed E-state index contributed by atoms with van der Waals surface area (Å²) < 4.78 is 120. The third-order valence-electron chi connectivity index (χ3n) is 25.0. The maximum Gasteiger partial charge on any atom is 0.416 e. The number of hydrogen-bond acceptors (Lipinski definition) is 24. The van der Waals surface area contributed by atoms with E-state index in [1.807, 2.05) is 30.3 Å². The van der Waals surface area contributed by atoms with Crippen LogP contribution in [0.4, 0.5) is 39.5 Å². The first kappa shape index (κ1) is 100. The Morgan fingerprint density at radius 1 is 0.304 bits per heavy atom. The lowest BCUT2D eigenvalue weighted by Crippen LogP contribution is -2.16. The van der Waals surface area contributed by atoms with Crippen molar-refractivity contribution < 1.29 is 98.9 Å². The summed E-state index contributed by atoms with van der Waals surface area (Å²) in [5.74, 6) is -3.03. The van der Waals surface area contributed by atoms with Gasteiger partial charge in [-0.2, -0.15) is 13.2 Å². The highest BCUT2D eigenvalue weighted by Crippen LogP contribution is 2.56. The standard InChI is InChI=1S/C18H17F3N2O2.C17H17FN2O2.C16H14Cl2N2O2.C16H14ClFN2O2.2C16H14F2N2O2/c1-11-4-13(6-14(5-11)18(19,20)21)17(2-3-17)7-16-22-8-12(9-23-16)15(25)10-24;1-11-6-13(2-3-14(11)18)17(4-5-17)7-16-19-8-12(9-20-16)15(22)10-21;17-12-2-1-11(5-13(12)18)16(3-4-16)6-15-19-7-10(8-20-15)14(22)9-21;17-13-5-11(18)1-2-12(13)16(3-4-16)6-15-19-7-10(8-20-15)14(22)9-21;17-12-2-1-11(5-13(12)18)16(3-4-16)6-15-19-7-10(8-20-15)14(22)9-21;17-12-3-1-2-11(15(12)18)16(4-5-16)6-14-19-7-10(8-20-14)13(22)9-21/h4-6,8-9,24H,2-3,7,10H2,1H3;2-3,6,8-9,21H,4-5,7,10H2,1H3;3*1-2,5,7-8,21H,3-4,6,9H2;1-3,7-8,21H,4-6,9H2. The van der Waals surface area contributed by atoms with Gasteiger partial charge in [-0.05, 0) is 191 Å². The Labute approximate surface area is 783 Å². The van der Waals surface area contributed by atoms with Gasteiger partial charge in [0, 0.05) is 150 Å². The molecule has 0 amide bonds. The first-order chi connectivity index (χ1) is 64.4. The molecule has 0 unspecified atom stereocenters. The van der Waals surface area contributed by atoms with Gasteiger partial charge in [-0.15, -0.1) is 0 Å². The van der Waals surface area contributed by atoms with Crippen LogP contribution in [-0.4, -0.2) is 165 Å². The molecule has 6 aromatic carbocycles. The SMILES string of the molecule is Cc1cc(C(F)(F)F)cc(C2(Cc3ncc(C(=O)CO)cn3)CC2)c1.Cc1cc(C2(Cc3ncc(C(=O)CO)cn3)CC2)ccc1F.O=C(CO)c1cnc(CC2(c3ccc(Cl)c(Cl)c3)CC2)nc1.O=C(CO)c1cnc(CC2(c3ccc(F)c(F)c3)CC2)nc1.O=C(CO)c1cnc(CC2(c3ccc(F)cc3Cl)CC2)nc1.O=C(CO)c1cnc(CC2(c3cccc(F)c3F)CC2)nc1. The summed E-state index contributed by atoms with van der Waals surface area (Å²) in [6.07, 6.45) is 26.5. The molecular weight excluding hydrogens is 1830 g/mol. The predicted octanol–water partition coefficient (Wildman–Crippen LogP) is 16.0. The molecule has 135 heavy (non-hydrogen) atoms. The van der Waals surface area contributed by atoms with Gasteiger partial charge in [0.05, 0.1) is 49.0 Å². The number of benzene rings is 6. The lowest BCUT2D eigenvalue weighted by atomic mass is 9.89. The Morgan fingerprint density at radius 3 is 0.926 bits per heavy atom. The van der Waals surface area contributed by atoms with Crippen molar-refractivity contribution in [3.8, 4) is 0 Å². The number of aryl methyl sites for hydroxylation is 2. The minimum absolute atomic E-state index is 0.0106. The van der Waals surface area contributed by atoms with Gasteiger partial charge >= 0.3 is 6.18 Å². The van der Waals surface area contributed by atoms with Crippen LogP contribution in [0.15, 0.2) is 184 Å². The third kappa shape index (κ3) is 25.1. The summed E-state index contributed by atoms with van der Waals surface area (Å²) in [6, 6.07) is 27.7. The monoisotopic (exact) mass is 1910 g/mol. The Hall–Kier alpha value is -12.2. The zero-order valence-electron chi connectivity index (χ0n) is 72.8. The van der Waals surface area contributed by atoms with Crippen molar-refractivity contribution in [3.05, 3.63) is 352 Å². The zero-order valence-corrected chi connectivity index (χ0v) is 75.1. The van der Waals surface area contributed by atoms with Gasteiger partial charge in [0.15, 0.2) is 58.0 Å². The molecule has 18 rings (SSSR count). The van der Waals surface area contributed by atoms with E-state index >= 15 is 0 Å². The van der Waals surface area contributed by atoms with Crippen molar-refractivity contribution in [1.29, 1.82) is 0 Å². The molecule has 0 radical (unpaired) electrons. The Balaban J connectivity index is 0.000000137. The van der Waals surface area contributed by atoms with Gasteiger partial charge in [0.2, 0.25) is 0 Å². The molecule has 6 aromatic heterocycles. The molecule has 0 saturated heterocycles. The summed E-state index contributed by atoms with van der Waals surface area (Å²) in [4.78, 5) is 118. The van der Waals surface area contributed by atoms with E-state index in [0.29, 0.717) is 122 Å². The van der Waals surface area contributed by atoms with Crippen LogP contribution in [0.2, 0.25) is 15.1 Å². The normalized spacial score (nSPS) is 15.6. The molecule has 0 spiro atoms. The lowest BCUT2D eigenvalue weighted by molar-refractivity contribution is -0.137. The molecule has 12 aromatic rings. The fourth-order valence-electron chi connectivity index (χ4n) is 15.9. The van der Waals surface area contributed by atoms with Gasteiger partial charge in [0.25, 0.3) is 0 Å². The van der Waals surface area contributed by atoms with Gasteiger partial charge in [-0.3, -0.25) is 28.8 Å². The topological polar surface area (TPSA) is 378 Å². The van der Waals surface area contributed by atoms with E-state index in [1.54, 1.807) is 38.1 Å². The maximum atomic E-state index is 14.0. The Kier molecular flexibility index (Phi) is 31.8. The number of rotatable bonds is 30. The first-order valence-corrected chi connectivity index (χ1v) is 44.1. The molecule has 702 valence electrons. The van der Waals surface area contributed by atoms with Crippen molar-refractivity contribution in [3.63, 3.8) is 0 Å². The number of hydrogen-bond donors (Lipinski definition) is 6. The molecule has 6 N–H and O–H groups in total. The Bertz CT molecular complexity index is 6040. The number of aliphatic hydroxyl groups excluding tert-OH is 6. The summed E-state index contributed by atoms with van der Waals surface area (Å²) in [7, 11) is 0. The van der Waals surface area contributed by atoms with Crippen molar-refractivity contribution >= 4 is 69.5 Å². The van der Waals surface area contributed by atoms with Crippen LogP contribution in [0.3, 0.4) is 0 Å². The van der Waals surface area contributed by atoms with Crippen molar-refractivity contribution in [1.82, 2.24) is 59.8 Å². The summed E-state index contributed by atoms with van der Waals surface area (Å²) in [5, 5.41) is 54.3. The quantitative estimate of drug-likeness (QED) is 0.0180. The van der Waals surface area contributed by atoms with Crippen molar-refractivity contribution in [2.24, 2.45) is 0 Å². The van der Waals surface area contributed by atoms with Crippen LogP contribution in [0.25, 0.3) is 0 Å². The number of alkyl halides is 3. The average molecular weight is 1920 g/mol. The van der Waals surface area contributed by atoms with E-state index in [2.05, 4.69) is 59.8 Å². The van der Waals surface area contributed by atoms with Crippen LogP contribution in [0, 0.1) is 48.8 Å². The Morgan fingerprint density at radius 2 is 0.615 bits per heavy atom. The molecule has 0 aliphatic heterocycles. The van der Waals surface area contributed by atoms with Crippen LogP contribution < -0.4 is 0 Å². The van der Waals surface area contributed by atoms with Gasteiger partial charge in [0.1, 0.15) is 86.2 Å². The highest BCUT2D eigenvalue weighted by Gasteiger charge is 2.51. The average Bonchev–Trinajstić information content (AvgIpc) is 1.58. The zero-order chi connectivity index (χ0) is 97.0. The number of aromatic nitrogens is 12. The largest absolute Gasteiger partial charge is 0.416 e. The lowest BCUT2D eigenvalue weighted by Gasteiger charge is -2.18. The summed E-state index contributed by atoms with van der Waals surface area (Å²) in [6.45, 7) is -0.00458. The van der Waals surface area contributed by atoms with E-state index in [9.17, 15) is 68.3 Å². The van der Waals surface area contributed by atoms with Gasteiger partial charge in [-0.1, -0.05) is 88.9 Å². The fraction of sp³-hybridized carbons (Fsp3) is 0.333. The third-order valence-corrected chi connectivity index (χ3v) is 26.1. The maximum absolute atomic E-state index is 14.0. The second kappa shape index (κ2) is 42.8. The predicted molar refractivity (Wildman–Crippen MR) is 476 cm³/mol. The molecule has 6 aliphatic carbocycles.